The Morgan fingerprint density at radius 2 is 1.90 bits per heavy atom. The van der Waals surface area contributed by atoms with Crippen LogP contribution in [0.2, 0.25) is 0 Å². The Bertz CT molecular complexity index is 882. The molecule has 1 heterocycles. The largest absolute Gasteiger partial charge is 0.385 e. The van der Waals surface area contributed by atoms with Gasteiger partial charge < -0.3 is 15.4 Å². The molecule has 0 aromatic heterocycles. The predicted octanol–water partition coefficient (Wildman–Crippen LogP) is 4.07. The molecule has 2 amide bonds. The third-order valence-electron chi connectivity index (χ3n) is 5.49. The van der Waals surface area contributed by atoms with Crippen molar-refractivity contribution in [1.82, 2.24) is 10.2 Å². The minimum absolute atomic E-state index is 0.0123. The van der Waals surface area contributed by atoms with Crippen molar-refractivity contribution in [1.29, 1.82) is 0 Å². The first-order chi connectivity index (χ1) is 15.1. The van der Waals surface area contributed by atoms with Crippen LogP contribution in [-0.2, 0) is 16.1 Å². The fraction of sp³-hybridized carbons (Fsp3) is 0.417. The van der Waals surface area contributed by atoms with Crippen molar-refractivity contribution >= 4 is 33.4 Å². The van der Waals surface area contributed by atoms with E-state index in [2.05, 4.69) is 43.6 Å². The molecule has 166 valence electrons. The summed E-state index contributed by atoms with van der Waals surface area (Å²) in [6.07, 6.45) is 2.37. The van der Waals surface area contributed by atoms with E-state index in [1.807, 2.05) is 18.2 Å². The second-order valence-electron chi connectivity index (χ2n) is 7.82. The van der Waals surface area contributed by atoms with Gasteiger partial charge in [-0.3, -0.25) is 14.5 Å². The van der Waals surface area contributed by atoms with Gasteiger partial charge in [-0.05, 0) is 62.2 Å². The van der Waals surface area contributed by atoms with E-state index in [0.717, 1.165) is 43.4 Å². The number of piperidine rings is 1. The number of nitrogens with zero attached hydrogens (tertiary/aromatic N) is 1. The molecule has 2 aromatic carbocycles. The van der Waals surface area contributed by atoms with Gasteiger partial charge in [-0.25, -0.2) is 0 Å². The Morgan fingerprint density at radius 3 is 2.65 bits per heavy atom. The number of hydrogen-bond acceptors (Lipinski definition) is 4. The Hall–Kier alpha value is -2.22. The second kappa shape index (κ2) is 12.0. The smallest absolute Gasteiger partial charge is 0.253 e. The van der Waals surface area contributed by atoms with Crippen molar-refractivity contribution in [3.8, 4) is 0 Å². The first-order valence-corrected chi connectivity index (χ1v) is 11.5. The maximum absolute atomic E-state index is 12.9. The Kier molecular flexibility index (Phi) is 9.06. The van der Waals surface area contributed by atoms with Crippen LogP contribution in [0.3, 0.4) is 0 Å². The van der Waals surface area contributed by atoms with Crippen LogP contribution in [0.15, 0.2) is 53.0 Å². The molecule has 6 nitrogen and oxygen atoms in total. The SMILES string of the molecule is COCCCNC(=O)c1ccccc1NC(=O)C1CCN(Cc2cccc(Br)c2)CC1. The standard InChI is InChI=1S/C24H30BrN3O3/c1-31-15-5-12-26-24(30)21-8-2-3-9-22(21)27-23(29)19-10-13-28(14-11-19)17-18-6-4-7-20(25)16-18/h2-4,6-9,16,19H,5,10-15,17H2,1H3,(H,26,30)(H,27,29). The topological polar surface area (TPSA) is 70.7 Å². The molecule has 1 aliphatic rings. The molecule has 7 heteroatoms. The van der Waals surface area contributed by atoms with Crippen molar-refractivity contribution in [3.63, 3.8) is 0 Å². The zero-order valence-corrected chi connectivity index (χ0v) is 19.5. The molecule has 1 saturated heterocycles. The molecule has 31 heavy (non-hydrogen) atoms. The second-order valence-corrected chi connectivity index (χ2v) is 8.73. The van der Waals surface area contributed by atoms with Crippen LogP contribution in [0, 0.1) is 5.92 Å². The normalized spacial score (nSPS) is 14.9. The molecule has 1 fully saturated rings. The third kappa shape index (κ3) is 7.16. The van der Waals surface area contributed by atoms with Gasteiger partial charge in [0.25, 0.3) is 5.91 Å². The monoisotopic (exact) mass is 487 g/mol. The Labute approximate surface area is 192 Å². The number of amides is 2. The molecule has 2 aromatic rings. The maximum Gasteiger partial charge on any atom is 0.253 e. The summed E-state index contributed by atoms with van der Waals surface area (Å²) in [6.45, 7) is 3.78. The molecule has 0 radical (unpaired) electrons. The van der Waals surface area contributed by atoms with Crippen LogP contribution in [-0.4, -0.2) is 50.1 Å². The van der Waals surface area contributed by atoms with E-state index in [1.165, 1.54) is 5.56 Å². The minimum atomic E-state index is -0.184. The Morgan fingerprint density at radius 1 is 1.13 bits per heavy atom. The lowest BCUT2D eigenvalue weighted by molar-refractivity contribution is -0.121. The lowest BCUT2D eigenvalue weighted by atomic mass is 9.95. The van der Waals surface area contributed by atoms with E-state index < -0.39 is 0 Å². The summed E-state index contributed by atoms with van der Waals surface area (Å²) in [6, 6.07) is 15.5. The molecule has 0 unspecified atom stereocenters. The summed E-state index contributed by atoms with van der Waals surface area (Å²) in [5.41, 5.74) is 2.32. The van der Waals surface area contributed by atoms with Crippen molar-refractivity contribution in [3.05, 3.63) is 64.1 Å². The van der Waals surface area contributed by atoms with Gasteiger partial charge in [0.15, 0.2) is 0 Å². The van der Waals surface area contributed by atoms with Crippen LogP contribution in [0.4, 0.5) is 5.69 Å². The quantitative estimate of drug-likeness (QED) is 0.523. The summed E-state index contributed by atoms with van der Waals surface area (Å²) in [7, 11) is 1.64. The number of likely N-dealkylation sites (tertiary alicyclic amines) is 1. The van der Waals surface area contributed by atoms with Crippen molar-refractivity contribution < 1.29 is 14.3 Å². The fourth-order valence-electron chi connectivity index (χ4n) is 3.79. The molecule has 2 N–H and O–H groups in total. The van der Waals surface area contributed by atoms with E-state index in [4.69, 9.17) is 4.74 Å². The molecule has 0 atom stereocenters. The van der Waals surface area contributed by atoms with Crippen LogP contribution in [0.5, 0.6) is 0 Å². The summed E-state index contributed by atoms with van der Waals surface area (Å²) >= 11 is 3.52. The highest BCUT2D eigenvalue weighted by molar-refractivity contribution is 9.10. The highest BCUT2D eigenvalue weighted by Gasteiger charge is 2.26. The zero-order valence-electron chi connectivity index (χ0n) is 17.9. The summed E-state index contributed by atoms with van der Waals surface area (Å²) < 4.78 is 6.09. The third-order valence-corrected chi connectivity index (χ3v) is 5.99. The van der Waals surface area contributed by atoms with Crippen LogP contribution in [0.25, 0.3) is 0 Å². The highest BCUT2D eigenvalue weighted by atomic mass is 79.9. The first-order valence-electron chi connectivity index (χ1n) is 10.7. The van der Waals surface area contributed by atoms with Crippen LogP contribution < -0.4 is 10.6 Å². The number of carbonyl (C=O) groups excluding carboxylic acids is 2. The number of hydrogen-bond donors (Lipinski definition) is 2. The number of benzene rings is 2. The number of methoxy groups -OCH3 is 1. The molecule has 3 rings (SSSR count). The van der Waals surface area contributed by atoms with Gasteiger partial charge in [0.1, 0.15) is 0 Å². The van der Waals surface area contributed by atoms with E-state index in [-0.39, 0.29) is 17.7 Å². The number of halogens is 1. The lowest BCUT2D eigenvalue weighted by Crippen LogP contribution is -2.38. The minimum Gasteiger partial charge on any atom is -0.385 e. The van der Waals surface area contributed by atoms with Gasteiger partial charge in [-0.15, -0.1) is 0 Å². The number of para-hydroxylation sites is 1. The number of rotatable bonds is 9. The summed E-state index contributed by atoms with van der Waals surface area (Å²) in [5, 5.41) is 5.87. The number of anilines is 1. The van der Waals surface area contributed by atoms with Crippen molar-refractivity contribution in [2.24, 2.45) is 5.92 Å². The van der Waals surface area contributed by atoms with Crippen molar-refractivity contribution in [2.45, 2.75) is 25.8 Å². The number of ether oxygens (including phenoxy) is 1. The van der Waals surface area contributed by atoms with Gasteiger partial charge in [0.2, 0.25) is 5.91 Å². The van der Waals surface area contributed by atoms with E-state index in [9.17, 15) is 9.59 Å². The molecule has 0 bridgehead atoms. The molecular formula is C24H30BrN3O3. The number of nitrogens with one attached hydrogen (secondary N) is 2. The van der Waals surface area contributed by atoms with E-state index in [0.29, 0.717) is 24.4 Å². The van der Waals surface area contributed by atoms with Gasteiger partial charge in [0.05, 0.1) is 11.3 Å². The molecule has 0 aliphatic carbocycles. The molecule has 0 saturated carbocycles. The van der Waals surface area contributed by atoms with E-state index >= 15 is 0 Å². The summed E-state index contributed by atoms with van der Waals surface area (Å²) in [5.74, 6) is -0.242. The highest BCUT2D eigenvalue weighted by Crippen LogP contribution is 2.23. The lowest BCUT2D eigenvalue weighted by Gasteiger charge is -2.31. The van der Waals surface area contributed by atoms with Gasteiger partial charge >= 0.3 is 0 Å². The number of carbonyl (C=O) groups is 2. The van der Waals surface area contributed by atoms with Crippen molar-refractivity contribution in [2.75, 3.05) is 38.7 Å². The maximum atomic E-state index is 12.9. The van der Waals surface area contributed by atoms with Gasteiger partial charge in [-0.1, -0.05) is 40.2 Å². The molecular weight excluding hydrogens is 458 g/mol. The average molecular weight is 488 g/mol. The zero-order chi connectivity index (χ0) is 22.1. The predicted molar refractivity (Wildman–Crippen MR) is 126 cm³/mol. The summed E-state index contributed by atoms with van der Waals surface area (Å²) in [4.78, 5) is 27.8. The molecule has 1 aliphatic heterocycles. The van der Waals surface area contributed by atoms with Crippen LogP contribution >= 0.6 is 15.9 Å². The van der Waals surface area contributed by atoms with Gasteiger partial charge in [0, 0.05) is 37.2 Å². The Balaban J connectivity index is 1.51. The van der Waals surface area contributed by atoms with Gasteiger partial charge in [-0.2, -0.15) is 0 Å². The molecule has 0 spiro atoms. The van der Waals surface area contributed by atoms with E-state index in [1.54, 1.807) is 25.3 Å². The fourth-order valence-corrected chi connectivity index (χ4v) is 4.23. The first kappa shape index (κ1) is 23.4. The average Bonchev–Trinajstić information content (AvgIpc) is 2.77. The van der Waals surface area contributed by atoms with Crippen LogP contribution in [0.1, 0.15) is 35.2 Å².